The molecule has 0 unspecified atom stereocenters. The van der Waals surface area contributed by atoms with Crippen molar-refractivity contribution in [2.75, 3.05) is 26.2 Å². The van der Waals surface area contributed by atoms with Gasteiger partial charge >= 0.3 is 6.03 Å². The van der Waals surface area contributed by atoms with Crippen molar-refractivity contribution in [2.45, 2.75) is 19.4 Å². The van der Waals surface area contributed by atoms with E-state index in [0.717, 1.165) is 5.56 Å². The molecule has 7 heteroatoms. The lowest BCUT2D eigenvalue weighted by Gasteiger charge is -2.28. The van der Waals surface area contributed by atoms with Crippen LogP contribution in [0.4, 0.5) is 10.5 Å². The van der Waals surface area contributed by atoms with Gasteiger partial charge in [0.2, 0.25) is 0 Å². The van der Waals surface area contributed by atoms with E-state index in [1.54, 1.807) is 30.3 Å². The maximum Gasteiger partial charge on any atom is 0.331 e. The van der Waals surface area contributed by atoms with Gasteiger partial charge in [0.05, 0.1) is 30.6 Å². The fraction of sp³-hybridized carbons (Fsp3) is 0.375. The molecule has 2 aromatic rings. The molecule has 1 aromatic heterocycles. The largest absolute Gasteiger partial charge is 0.495 e. The topological polar surface area (TPSA) is 82.6 Å². The molecular formula is C16H20N4O3. The predicted molar refractivity (Wildman–Crippen MR) is 86.2 cm³/mol. The van der Waals surface area contributed by atoms with Gasteiger partial charge in [0.1, 0.15) is 18.8 Å². The van der Waals surface area contributed by atoms with Crippen molar-refractivity contribution in [3.63, 3.8) is 0 Å². The number of carbonyl (C=O) groups is 1. The van der Waals surface area contributed by atoms with Crippen molar-refractivity contribution in [1.29, 1.82) is 0 Å². The highest BCUT2D eigenvalue weighted by Gasteiger charge is 2.37. The highest BCUT2D eigenvalue weighted by Crippen LogP contribution is 2.28. The summed E-state index contributed by atoms with van der Waals surface area (Å²) < 4.78 is 12.0. The maximum absolute atomic E-state index is 12.6. The Kier molecular flexibility index (Phi) is 3.73. The quantitative estimate of drug-likeness (QED) is 0.859. The second kappa shape index (κ2) is 5.58. The summed E-state index contributed by atoms with van der Waals surface area (Å²) in [4.78, 5) is 18.6. The van der Waals surface area contributed by atoms with E-state index in [0.29, 0.717) is 23.7 Å². The monoisotopic (exact) mass is 316 g/mol. The smallest absolute Gasteiger partial charge is 0.331 e. The minimum Gasteiger partial charge on any atom is -0.495 e. The van der Waals surface area contributed by atoms with Gasteiger partial charge in [-0.15, -0.1) is 0 Å². The molecule has 23 heavy (non-hydrogen) atoms. The zero-order valence-electron chi connectivity index (χ0n) is 13.4. The molecule has 0 atom stereocenters. The van der Waals surface area contributed by atoms with Crippen molar-refractivity contribution >= 4 is 11.7 Å². The molecule has 1 amide bonds. The fourth-order valence-electron chi connectivity index (χ4n) is 2.56. The second-order valence-electron chi connectivity index (χ2n) is 6.12. The first-order valence-electron chi connectivity index (χ1n) is 7.30. The van der Waals surface area contributed by atoms with E-state index in [2.05, 4.69) is 4.98 Å². The van der Waals surface area contributed by atoms with Crippen molar-refractivity contribution in [3.8, 4) is 17.0 Å². The highest BCUT2D eigenvalue weighted by atomic mass is 16.5. The lowest BCUT2D eigenvalue weighted by molar-refractivity contribution is 0.140. The number of nitrogen functional groups attached to an aromatic ring is 1. The van der Waals surface area contributed by atoms with E-state index >= 15 is 0 Å². The standard InChI is InChI=1S/C16H20N4O3/c1-16(2)8-23-10-20(16)15(21)19-7-13(18-9-19)11-4-5-14(22-3)12(17)6-11/h4-7,9H,8,10,17H2,1-3H3. The zero-order chi connectivity index (χ0) is 16.6. The SMILES string of the molecule is COc1ccc(-c2cn(C(=O)N3COCC3(C)C)cn2)cc1N. The number of nitrogens with zero attached hydrogens (tertiary/aromatic N) is 3. The van der Waals surface area contributed by atoms with Gasteiger partial charge in [0.25, 0.3) is 0 Å². The molecule has 1 aliphatic rings. The van der Waals surface area contributed by atoms with Gasteiger partial charge in [-0.25, -0.2) is 9.78 Å². The van der Waals surface area contributed by atoms with Gasteiger partial charge in [0.15, 0.2) is 0 Å². The Hall–Kier alpha value is -2.54. The number of amides is 1. The van der Waals surface area contributed by atoms with Gasteiger partial charge in [-0.05, 0) is 32.0 Å². The third-order valence-electron chi connectivity index (χ3n) is 3.97. The van der Waals surface area contributed by atoms with Crippen LogP contribution in [0.15, 0.2) is 30.7 Å². The molecule has 0 radical (unpaired) electrons. The summed E-state index contributed by atoms with van der Waals surface area (Å²) in [6.07, 6.45) is 3.20. The van der Waals surface area contributed by atoms with Crippen molar-refractivity contribution in [1.82, 2.24) is 14.5 Å². The minimum absolute atomic E-state index is 0.160. The molecule has 1 aromatic carbocycles. The van der Waals surface area contributed by atoms with Crippen LogP contribution in [0.1, 0.15) is 13.8 Å². The molecule has 0 saturated carbocycles. The van der Waals surface area contributed by atoms with E-state index in [1.165, 1.54) is 10.9 Å². The Morgan fingerprint density at radius 3 is 2.83 bits per heavy atom. The van der Waals surface area contributed by atoms with Crippen molar-refractivity contribution < 1.29 is 14.3 Å². The first kappa shape index (κ1) is 15.4. The number of imidazole rings is 1. The Labute approximate surface area is 134 Å². The molecule has 2 N–H and O–H groups in total. The van der Waals surface area contributed by atoms with Crippen LogP contribution in [0.2, 0.25) is 0 Å². The first-order valence-corrected chi connectivity index (χ1v) is 7.30. The lowest BCUT2D eigenvalue weighted by atomic mass is 10.1. The summed E-state index contributed by atoms with van der Waals surface area (Å²) in [5.74, 6) is 0.611. The molecule has 0 bridgehead atoms. The second-order valence-corrected chi connectivity index (χ2v) is 6.12. The molecule has 1 saturated heterocycles. The Balaban J connectivity index is 1.86. The number of ether oxygens (including phenoxy) is 2. The summed E-state index contributed by atoms with van der Waals surface area (Å²) in [7, 11) is 1.57. The first-order chi connectivity index (χ1) is 10.9. The normalized spacial score (nSPS) is 16.6. The maximum atomic E-state index is 12.6. The van der Waals surface area contributed by atoms with Gasteiger partial charge in [-0.3, -0.25) is 9.47 Å². The highest BCUT2D eigenvalue weighted by molar-refractivity contribution is 5.79. The van der Waals surface area contributed by atoms with Gasteiger partial charge in [-0.1, -0.05) is 0 Å². The summed E-state index contributed by atoms with van der Waals surface area (Å²) >= 11 is 0. The molecule has 1 fully saturated rings. The summed E-state index contributed by atoms with van der Waals surface area (Å²) in [6.45, 7) is 4.75. The molecule has 122 valence electrons. The number of methoxy groups -OCH3 is 1. The Bertz CT molecular complexity index is 739. The van der Waals surface area contributed by atoms with E-state index in [9.17, 15) is 4.79 Å². The molecule has 7 nitrogen and oxygen atoms in total. The zero-order valence-corrected chi connectivity index (χ0v) is 13.4. The van der Waals surface area contributed by atoms with Crippen LogP contribution in [0.5, 0.6) is 5.75 Å². The molecule has 2 heterocycles. The summed E-state index contributed by atoms with van der Waals surface area (Å²) in [5.41, 5.74) is 7.62. The van der Waals surface area contributed by atoms with E-state index in [1.807, 2.05) is 19.9 Å². The fourth-order valence-corrected chi connectivity index (χ4v) is 2.56. The lowest BCUT2D eigenvalue weighted by Crippen LogP contribution is -2.45. The average Bonchev–Trinajstić information content (AvgIpc) is 3.13. The van der Waals surface area contributed by atoms with Gasteiger partial charge in [-0.2, -0.15) is 0 Å². The number of nitrogens with two attached hydrogens (primary N) is 1. The molecule has 0 spiro atoms. The Morgan fingerprint density at radius 2 is 2.22 bits per heavy atom. The predicted octanol–water partition coefficient (Wildman–Crippen LogP) is 2.18. The number of hydrogen-bond acceptors (Lipinski definition) is 5. The van der Waals surface area contributed by atoms with Gasteiger partial charge < -0.3 is 15.2 Å². The number of hydrogen-bond donors (Lipinski definition) is 1. The number of benzene rings is 1. The van der Waals surface area contributed by atoms with E-state index in [4.69, 9.17) is 15.2 Å². The molecule has 1 aliphatic heterocycles. The van der Waals surface area contributed by atoms with Crippen LogP contribution < -0.4 is 10.5 Å². The third kappa shape index (κ3) is 2.75. The number of aromatic nitrogens is 2. The molecule has 3 rings (SSSR count). The van der Waals surface area contributed by atoms with Crippen LogP contribution in [0.3, 0.4) is 0 Å². The van der Waals surface area contributed by atoms with Crippen molar-refractivity contribution in [3.05, 3.63) is 30.7 Å². The Morgan fingerprint density at radius 1 is 1.43 bits per heavy atom. The van der Waals surface area contributed by atoms with Crippen molar-refractivity contribution in [2.24, 2.45) is 0 Å². The summed E-state index contributed by atoms with van der Waals surface area (Å²) in [6, 6.07) is 5.25. The van der Waals surface area contributed by atoms with Crippen LogP contribution in [0.25, 0.3) is 11.3 Å². The van der Waals surface area contributed by atoms with E-state index < -0.39 is 0 Å². The minimum atomic E-state index is -0.327. The number of anilines is 1. The molecule has 0 aliphatic carbocycles. The van der Waals surface area contributed by atoms with Crippen LogP contribution in [0, 0.1) is 0 Å². The number of carbonyl (C=O) groups excluding carboxylic acids is 1. The van der Waals surface area contributed by atoms with Crippen LogP contribution in [-0.4, -0.2) is 46.5 Å². The number of rotatable bonds is 2. The summed E-state index contributed by atoms with van der Waals surface area (Å²) in [5, 5.41) is 0. The van der Waals surface area contributed by atoms with Crippen LogP contribution in [-0.2, 0) is 4.74 Å². The van der Waals surface area contributed by atoms with Gasteiger partial charge in [0, 0.05) is 11.8 Å². The van der Waals surface area contributed by atoms with E-state index in [-0.39, 0.29) is 18.3 Å². The molecular weight excluding hydrogens is 296 g/mol. The average molecular weight is 316 g/mol. The third-order valence-corrected chi connectivity index (χ3v) is 3.97. The van der Waals surface area contributed by atoms with Crippen LogP contribution >= 0.6 is 0 Å².